The minimum Gasteiger partial charge on any atom is -0.508 e. The Morgan fingerprint density at radius 3 is 2.56 bits per heavy atom. The van der Waals surface area contributed by atoms with Gasteiger partial charge in [0.25, 0.3) is 0 Å². The smallest absolute Gasteiger partial charge is 0.243 e. The Balaban J connectivity index is 1.85. The molecule has 2 aromatic carbocycles. The summed E-state index contributed by atoms with van der Waals surface area (Å²) in [6, 6.07) is 6.75. The molecule has 5 rings (SSSR count). The average molecular weight is 364 g/mol. The molecular formula is C20H12O7. The van der Waals surface area contributed by atoms with Crippen LogP contribution in [0.1, 0.15) is 31.8 Å². The number of aromatic hydroxyl groups is 3. The van der Waals surface area contributed by atoms with Crippen molar-refractivity contribution in [3.05, 3.63) is 70.0 Å². The number of carbonyl (C=O) groups is 2. The van der Waals surface area contributed by atoms with Crippen LogP contribution in [0, 0.1) is 0 Å². The van der Waals surface area contributed by atoms with Crippen molar-refractivity contribution in [2.45, 2.75) is 12.2 Å². The van der Waals surface area contributed by atoms with Crippen molar-refractivity contribution < 1.29 is 34.8 Å². The lowest BCUT2D eigenvalue weighted by atomic mass is 9.78. The maximum Gasteiger partial charge on any atom is 0.243 e. The van der Waals surface area contributed by atoms with Gasteiger partial charge in [-0.15, -0.1) is 0 Å². The van der Waals surface area contributed by atoms with Crippen molar-refractivity contribution in [1.29, 1.82) is 0 Å². The Labute approximate surface area is 152 Å². The molecule has 1 heterocycles. The molecule has 7 nitrogen and oxygen atoms in total. The number of hydrogen-bond donors (Lipinski definition) is 4. The number of ether oxygens (including phenoxy) is 1. The van der Waals surface area contributed by atoms with E-state index in [2.05, 4.69) is 0 Å². The zero-order chi connectivity index (χ0) is 19.1. The Morgan fingerprint density at radius 2 is 1.78 bits per heavy atom. The first kappa shape index (κ1) is 15.7. The van der Waals surface area contributed by atoms with Crippen LogP contribution in [0.2, 0.25) is 0 Å². The predicted molar refractivity (Wildman–Crippen MR) is 91.3 cm³/mol. The SMILES string of the molecule is O=C1C2=C3C(=CC(=O)c4c(O)cccc43)OC2(O)Cc2cc(O)cc(O)c21. The third-order valence-electron chi connectivity index (χ3n) is 5.05. The number of fused-ring (bicyclic) bond motifs is 5. The molecule has 0 fully saturated rings. The quantitative estimate of drug-likeness (QED) is 0.562. The fraction of sp³-hybridized carbons (Fsp3) is 0.100. The zero-order valence-electron chi connectivity index (χ0n) is 13.7. The van der Waals surface area contributed by atoms with Gasteiger partial charge in [0.2, 0.25) is 5.79 Å². The second-order valence-electron chi connectivity index (χ2n) is 6.71. The first-order valence-electron chi connectivity index (χ1n) is 8.14. The Morgan fingerprint density at radius 1 is 1.00 bits per heavy atom. The molecule has 0 amide bonds. The van der Waals surface area contributed by atoms with Crippen molar-refractivity contribution in [2.24, 2.45) is 0 Å². The molecule has 1 atom stereocenters. The second-order valence-corrected chi connectivity index (χ2v) is 6.71. The summed E-state index contributed by atoms with van der Waals surface area (Å²) in [6.45, 7) is 0. The standard InChI is InChI=1S/C20H12O7/c21-9-4-8-7-20(26)18(19(25)15(8)12(23)5-9)17-10-2-1-3-11(22)16(10)13(24)6-14(17)27-20/h1-6,21-23,26H,7H2. The van der Waals surface area contributed by atoms with Gasteiger partial charge in [0.15, 0.2) is 11.6 Å². The largest absolute Gasteiger partial charge is 0.508 e. The molecule has 2 aliphatic carbocycles. The van der Waals surface area contributed by atoms with E-state index in [1.807, 2.05) is 0 Å². The molecule has 7 heteroatoms. The van der Waals surface area contributed by atoms with Gasteiger partial charge in [0, 0.05) is 29.7 Å². The van der Waals surface area contributed by atoms with Crippen LogP contribution in [0.4, 0.5) is 0 Å². The van der Waals surface area contributed by atoms with Crippen LogP contribution in [0.25, 0.3) is 5.57 Å². The number of carbonyl (C=O) groups excluding carboxylic acids is 2. The maximum absolute atomic E-state index is 13.2. The van der Waals surface area contributed by atoms with E-state index in [1.54, 1.807) is 6.07 Å². The van der Waals surface area contributed by atoms with Gasteiger partial charge in [-0.05, 0) is 17.7 Å². The van der Waals surface area contributed by atoms with Crippen LogP contribution in [0.15, 0.2) is 47.7 Å². The van der Waals surface area contributed by atoms with E-state index in [-0.39, 0.29) is 57.1 Å². The minimum absolute atomic E-state index is 0.0186. The molecule has 0 spiro atoms. The van der Waals surface area contributed by atoms with E-state index >= 15 is 0 Å². The summed E-state index contributed by atoms with van der Waals surface area (Å²) in [6.07, 6.45) is 0.921. The van der Waals surface area contributed by atoms with Crippen molar-refractivity contribution in [3.8, 4) is 17.2 Å². The zero-order valence-corrected chi connectivity index (χ0v) is 13.7. The lowest BCUT2D eigenvalue weighted by molar-refractivity contribution is -0.130. The molecule has 134 valence electrons. The predicted octanol–water partition coefficient (Wildman–Crippen LogP) is 1.80. The molecular weight excluding hydrogens is 352 g/mol. The summed E-state index contributed by atoms with van der Waals surface area (Å²) in [5.74, 6) is -4.09. The number of rotatable bonds is 0. The molecule has 0 saturated carbocycles. The fourth-order valence-electron chi connectivity index (χ4n) is 4.04. The minimum atomic E-state index is -2.04. The highest BCUT2D eigenvalue weighted by molar-refractivity contribution is 6.24. The van der Waals surface area contributed by atoms with Crippen LogP contribution >= 0.6 is 0 Å². The lowest BCUT2D eigenvalue weighted by Gasteiger charge is -2.30. The topological polar surface area (TPSA) is 124 Å². The van der Waals surface area contributed by atoms with E-state index in [4.69, 9.17) is 4.74 Å². The van der Waals surface area contributed by atoms with Gasteiger partial charge >= 0.3 is 0 Å². The highest BCUT2D eigenvalue weighted by Gasteiger charge is 2.54. The monoisotopic (exact) mass is 364 g/mol. The molecule has 27 heavy (non-hydrogen) atoms. The van der Waals surface area contributed by atoms with Crippen LogP contribution in [-0.2, 0) is 11.2 Å². The molecule has 1 aliphatic heterocycles. The van der Waals surface area contributed by atoms with Crippen molar-refractivity contribution in [1.82, 2.24) is 0 Å². The average Bonchev–Trinajstić information content (AvgIpc) is 2.86. The second kappa shape index (κ2) is 4.77. The number of aliphatic hydroxyl groups is 1. The molecule has 4 N–H and O–H groups in total. The van der Waals surface area contributed by atoms with Gasteiger partial charge < -0.3 is 25.2 Å². The Hall–Kier alpha value is -3.58. The highest BCUT2D eigenvalue weighted by atomic mass is 16.6. The normalized spacial score (nSPS) is 22.5. The number of Topliss-reactive ketones (excluding diaryl/α,β-unsaturated/α-hetero) is 1. The van der Waals surface area contributed by atoms with Gasteiger partial charge in [0.1, 0.15) is 23.0 Å². The van der Waals surface area contributed by atoms with E-state index in [0.29, 0.717) is 0 Å². The molecule has 0 saturated heterocycles. The first-order valence-corrected chi connectivity index (χ1v) is 8.14. The van der Waals surface area contributed by atoms with E-state index in [0.717, 1.165) is 12.1 Å². The van der Waals surface area contributed by atoms with Gasteiger partial charge in [-0.2, -0.15) is 0 Å². The van der Waals surface area contributed by atoms with E-state index in [9.17, 15) is 30.0 Å². The third-order valence-corrected chi connectivity index (χ3v) is 5.05. The summed E-state index contributed by atoms with van der Waals surface area (Å²) >= 11 is 0. The van der Waals surface area contributed by atoms with Crippen LogP contribution < -0.4 is 0 Å². The van der Waals surface area contributed by atoms with Crippen molar-refractivity contribution >= 4 is 17.1 Å². The van der Waals surface area contributed by atoms with Gasteiger partial charge in [-0.25, -0.2) is 0 Å². The van der Waals surface area contributed by atoms with Crippen molar-refractivity contribution in [2.75, 3.05) is 0 Å². The number of benzene rings is 2. The van der Waals surface area contributed by atoms with Crippen molar-refractivity contribution in [3.63, 3.8) is 0 Å². The number of hydrogen-bond acceptors (Lipinski definition) is 7. The summed E-state index contributed by atoms with van der Waals surface area (Å²) < 4.78 is 5.59. The number of ketones is 2. The van der Waals surface area contributed by atoms with Crippen LogP contribution in [0.3, 0.4) is 0 Å². The summed E-state index contributed by atoms with van der Waals surface area (Å²) in [5.41, 5.74) is 0.589. The van der Waals surface area contributed by atoms with E-state index < -0.39 is 23.1 Å². The molecule has 3 aliphatic rings. The van der Waals surface area contributed by atoms with Gasteiger partial charge in [-0.3, -0.25) is 9.59 Å². The first-order chi connectivity index (χ1) is 12.8. The Bertz CT molecular complexity index is 1160. The van der Waals surface area contributed by atoms with Gasteiger partial charge in [0.05, 0.1) is 16.7 Å². The molecule has 2 aromatic rings. The number of phenolic OH excluding ortho intramolecular Hbond substituents is 3. The van der Waals surface area contributed by atoms with E-state index in [1.165, 1.54) is 18.2 Å². The molecule has 0 aromatic heterocycles. The summed E-state index contributed by atoms with van der Waals surface area (Å²) in [7, 11) is 0. The fourth-order valence-corrected chi connectivity index (χ4v) is 4.04. The molecule has 0 radical (unpaired) electrons. The Kier molecular flexibility index (Phi) is 2.77. The van der Waals surface area contributed by atoms with Crippen LogP contribution in [-0.4, -0.2) is 37.8 Å². The summed E-state index contributed by atoms with van der Waals surface area (Å²) in [4.78, 5) is 25.5. The number of allylic oxidation sites excluding steroid dienone is 2. The van der Waals surface area contributed by atoms with Crippen LogP contribution in [0.5, 0.6) is 17.2 Å². The third kappa shape index (κ3) is 1.89. The highest BCUT2D eigenvalue weighted by Crippen LogP contribution is 2.52. The number of phenols is 3. The summed E-state index contributed by atoms with van der Waals surface area (Å²) in [5, 5.41) is 41.0. The van der Waals surface area contributed by atoms with Gasteiger partial charge in [-0.1, -0.05) is 12.1 Å². The molecule has 0 bridgehead atoms. The maximum atomic E-state index is 13.2. The molecule has 1 unspecified atom stereocenters. The lowest BCUT2D eigenvalue weighted by Crippen LogP contribution is -2.40.